The molecule has 0 saturated heterocycles. The van der Waals surface area contributed by atoms with Gasteiger partial charge in [0.1, 0.15) is 12.6 Å². The van der Waals surface area contributed by atoms with E-state index in [4.69, 9.17) is 5.73 Å². The van der Waals surface area contributed by atoms with Crippen LogP contribution in [0.25, 0.3) is 0 Å². The van der Waals surface area contributed by atoms with Crippen LogP contribution in [-0.2, 0) is 20.8 Å². The van der Waals surface area contributed by atoms with Crippen molar-refractivity contribution in [3.8, 4) is 5.75 Å². The highest BCUT2D eigenvalue weighted by atomic mass is 19.4. The summed E-state index contributed by atoms with van der Waals surface area (Å²) in [5.41, 5.74) is 5.80. The largest absolute Gasteiger partial charge is 0.479 e. The molecule has 0 radical (unpaired) electrons. The second kappa shape index (κ2) is 13.7. The average Bonchev–Trinajstić information content (AvgIpc) is 2.86. The van der Waals surface area contributed by atoms with Crippen molar-refractivity contribution in [2.24, 2.45) is 5.73 Å². The number of hydrogen-bond donors (Lipinski definition) is 3. The van der Waals surface area contributed by atoms with Crippen LogP contribution < -0.4 is 21.1 Å². The minimum atomic E-state index is -5.30. The Balaban J connectivity index is 2.23. The minimum Gasteiger partial charge on any atom is -0.479 e. The van der Waals surface area contributed by atoms with Gasteiger partial charge in [-0.05, 0) is 31.4 Å². The average molecular weight is 551 g/mol. The molecule has 0 spiro atoms. The lowest BCUT2D eigenvalue weighted by atomic mass is 10.0. The number of Topliss-reactive ketones (excluding diaryl/α,β-unsaturated/α-hetero) is 1. The lowest BCUT2D eigenvalue weighted by Crippen LogP contribution is -2.55. The zero-order valence-corrected chi connectivity index (χ0v) is 19.7. The van der Waals surface area contributed by atoms with Crippen molar-refractivity contribution in [2.45, 2.75) is 43.9 Å². The zero-order chi connectivity index (χ0) is 28.5. The first-order valence-corrected chi connectivity index (χ1v) is 11.3. The molecule has 208 valence electrons. The Labute approximate surface area is 212 Å². The molecular weight excluding hydrogens is 527 g/mol. The second-order valence-corrected chi connectivity index (χ2v) is 8.11. The lowest BCUT2D eigenvalue weighted by Gasteiger charge is -2.23. The van der Waals surface area contributed by atoms with Gasteiger partial charge in [-0.2, -0.15) is 22.0 Å². The van der Waals surface area contributed by atoms with E-state index in [0.717, 1.165) is 0 Å². The van der Waals surface area contributed by atoms with Gasteiger partial charge < -0.3 is 21.1 Å². The fraction of sp³-hybridized carbons (Fsp3) is 0.375. The number of rotatable bonds is 13. The topological polar surface area (TPSA) is 111 Å². The Hall–Kier alpha value is -3.68. The van der Waals surface area contributed by atoms with E-state index in [9.17, 15) is 45.1 Å². The number of halogens is 7. The van der Waals surface area contributed by atoms with Crippen LogP contribution in [0.5, 0.6) is 5.75 Å². The fourth-order valence-corrected chi connectivity index (χ4v) is 3.30. The summed E-state index contributed by atoms with van der Waals surface area (Å²) >= 11 is 0. The number of nitrogens with two attached hydrogens (primary N) is 1. The predicted octanol–water partition coefficient (Wildman–Crippen LogP) is 3.09. The van der Waals surface area contributed by atoms with Gasteiger partial charge in [0, 0.05) is 12.5 Å². The normalized spacial score (nSPS) is 12.9. The van der Waals surface area contributed by atoms with E-state index in [1.165, 1.54) is 12.1 Å². The Morgan fingerprint density at radius 1 is 0.895 bits per heavy atom. The Morgan fingerprint density at radius 2 is 1.50 bits per heavy atom. The van der Waals surface area contributed by atoms with E-state index in [1.54, 1.807) is 23.5 Å². The summed E-state index contributed by atoms with van der Waals surface area (Å²) in [6, 6.07) is 4.45. The number of ether oxygens (including phenoxy) is 1. The smallest absolute Gasteiger partial charge is 0.471 e. The maximum atomic E-state index is 13.8. The molecular formula is C24H24F7N3O4. The van der Waals surface area contributed by atoms with Gasteiger partial charge in [0.25, 0.3) is 0 Å². The van der Waals surface area contributed by atoms with E-state index >= 15 is 0 Å². The van der Waals surface area contributed by atoms with Gasteiger partial charge in [-0.15, -0.1) is 0 Å². The molecule has 38 heavy (non-hydrogen) atoms. The SMILES string of the molecule is NCCCC[C@H](NC(=O)[C@H](Cc1ccccc1)NC(=O)C(F)(F)F)C(=O)COc1c(F)c(F)cc(F)c1F. The number of carbonyl (C=O) groups is 3. The molecule has 0 heterocycles. The molecule has 7 nitrogen and oxygen atoms in total. The number of alkyl halides is 3. The van der Waals surface area contributed by atoms with Crippen LogP contribution in [0, 0.1) is 23.3 Å². The van der Waals surface area contributed by atoms with Gasteiger partial charge in [-0.1, -0.05) is 30.3 Å². The second-order valence-electron chi connectivity index (χ2n) is 8.11. The van der Waals surface area contributed by atoms with Gasteiger partial charge in [0.2, 0.25) is 17.5 Å². The van der Waals surface area contributed by atoms with E-state index in [2.05, 4.69) is 10.1 Å². The summed E-state index contributed by atoms with van der Waals surface area (Å²) in [5, 5.41) is 3.80. The van der Waals surface area contributed by atoms with Crippen LogP contribution >= 0.6 is 0 Å². The van der Waals surface area contributed by atoms with Gasteiger partial charge >= 0.3 is 12.1 Å². The standard InChI is InChI=1S/C24H24F7N3O4/c25-14-11-15(26)20(28)21(19(14)27)38-12-18(35)16(8-4-5-9-32)33-22(36)17(34-23(37)24(29,30)31)10-13-6-2-1-3-7-13/h1-3,6-7,11,16-17H,4-5,8-10,12,32H2,(H,33,36)(H,34,37)/t16-,17-/m0/s1. The van der Waals surface area contributed by atoms with Crippen molar-refractivity contribution in [1.82, 2.24) is 10.6 Å². The number of unbranched alkanes of at least 4 members (excludes halogenated alkanes) is 1. The molecule has 2 rings (SSSR count). The predicted molar refractivity (Wildman–Crippen MR) is 120 cm³/mol. The summed E-state index contributed by atoms with van der Waals surface area (Å²) in [4.78, 5) is 37.2. The third kappa shape index (κ3) is 8.71. The molecule has 0 aliphatic heterocycles. The number of ketones is 1. The number of hydrogen-bond acceptors (Lipinski definition) is 5. The van der Waals surface area contributed by atoms with Crippen LogP contribution in [0.2, 0.25) is 0 Å². The lowest BCUT2D eigenvalue weighted by molar-refractivity contribution is -0.174. The summed E-state index contributed by atoms with van der Waals surface area (Å²) in [5.74, 6) is -13.4. The van der Waals surface area contributed by atoms with Gasteiger partial charge in [-0.3, -0.25) is 14.4 Å². The van der Waals surface area contributed by atoms with Crippen molar-refractivity contribution in [3.05, 3.63) is 65.2 Å². The van der Waals surface area contributed by atoms with Crippen molar-refractivity contribution in [2.75, 3.05) is 13.2 Å². The van der Waals surface area contributed by atoms with Crippen LogP contribution in [0.4, 0.5) is 30.7 Å². The monoisotopic (exact) mass is 551 g/mol. The van der Waals surface area contributed by atoms with Gasteiger partial charge in [0.05, 0.1) is 6.04 Å². The molecule has 0 aliphatic rings. The first-order valence-electron chi connectivity index (χ1n) is 11.3. The number of amides is 2. The molecule has 0 aliphatic carbocycles. The Morgan fingerprint density at radius 3 is 2.05 bits per heavy atom. The molecule has 2 aromatic carbocycles. The number of carbonyl (C=O) groups excluding carboxylic acids is 3. The molecule has 0 bridgehead atoms. The highest BCUT2D eigenvalue weighted by Gasteiger charge is 2.41. The van der Waals surface area contributed by atoms with Crippen molar-refractivity contribution >= 4 is 17.6 Å². The van der Waals surface area contributed by atoms with Crippen LogP contribution in [0.1, 0.15) is 24.8 Å². The van der Waals surface area contributed by atoms with E-state index < -0.39 is 71.5 Å². The van der Waals surface area contributed by atoms with E-state index in [0.29, 0.717) is 12.0 Å². The summed E-state index contributed by atoms with van der Waals surface area (Å²) < 4.78 is 97.7. The van der Waals surface area contributed by atoms with Crippen molar-refractivity contribution in [3.63, 3.8) is 0 Å². The molecule has 2 amide bonds. The maximum absolute atomic E-state index is 13.8. The van der Waals surface area contributed by atoms with Crippen LogP contribution in [-0.4, -0.2) is 49.0 Å². The van der Waals surface area contributed by atoms with E-state index in [-0.39, 0.29) is 31.9 Å². The third-order valence-corrected chi connectivity index (χ3v) is 5.24. The van der Waals surface area contributed by atoms with Gasteiger partial charge in [0.15, 0.2) is 23.2 Å². The minimum absolute atomic E-state index is 0.0582. The molecule has 2 aromatic rings. The number of benzene rings is 2. The fourth-order valence-electron chi connectivity index (χ4n) is 3.30. The summed E-state index contributed by atoms with van der Waals surface area (Å²) in [7, 11) is 0. The first-order chi connectivity index (χ1) is 17.8. The highest BCUT2D eigenvalue weighted by Crippen LogP contribution is 2.26. The molecule has 0 aromatic heterocycles. The molecule has 4 N–H and O–H groups in total. The molecule has 0 fully saturated rings. The Bertz CT molecular complexity index is 1100. The maximum Gasteiger partial charge on any atom is 0.471 e. The molecule has 0 unspecified atom stereocenters. The third-order valence-electron chi connectivity index (χ3n) is 5.24. The van der Waals surface area contributed by atoms with Crippen LogP contribution in [0.15, 0.2) is 36.4 Å². The van der Waals surface area contributed by atoms with Crippen LogP contribution in [0.3, 0.4) is 0 Å². The molecule has 14 heteroatoms. The van der Waals surface area contributed by atoms with Gasteiger partial charge in [-0.25, -0.2) is 8.78 Å². The Kier molecular flexibility index (Phi) is 11.0. The quantitative estimate of drug-likeness (QED) is 0.201. The van der Waals surface area contributed by atoms with Crippen molar-refractivity contribution in [1.29, 1.82) is 0 Å². The van der Waals surface area contributed by atoms with E-state index in [1.807, 2.05) is 0 Å². The molecule has 0 saturated carbocycles. The summed E-state index contributed by atoms with van der Waals surface area (Å²) in [6.45, 7) is -0.953. The first kappa shape index (κ1) is 30.5. The van der Waals surface area contributed by atoms with Crippen molar-refractivity contribution < 1.29 is 49.9 Å². The highest BCUT2D eigenvalue weighted by molar-refractivity contribution is 5.94. The molecule has 2 atom stereocenters. The summed E-state index contributed by atoms with van der Waals surface area (Å²) in [6.07, 6.45) is -5.17. The zero-order valence-electron chi connectivity index (χ0n) is 19.7. The number of nitrogens with one attached hydrogen (secondary N) is 2.